The Morgan fingerprint density at radius 2 is 1.88 bits per heavy atom. The monoisotopic (exact) mass is 346 g/mol. The van der Waals surface area contributed by atoms with E-state index in [4.69, 9.17) is 0 Å². The fourth-order valence-corrected chi connectivity index (χ4v) is 3.13. The molecular weight excluding hydrogens is 331 g/mol. The molecule has 0 atom stereocenters. The van der Waals surface area contributed by atoms with Crippen LogP contribution < -0.4 is 4.72 Å². The Kier molecular flexibility index (Phi) is 4.06. The van der Waals surface area contributed by atoms with Crippen molar-refractivity contribution in [2.75, 3.05) is 4.72 Å². The van der Waals surface area contributed by atoms with Crippen molar-refractivity contribution in [2.45, 2.75) is 18.7 Å². The number of aromatic nitrogens is 3. The minimum atomic E-state index is -3.92. The normalized spacial score (nSPS) is 11.5. The van der Waals surface area contributed by atoms with Gasteiger partial charge in [-0.25, -0.2) is 22.5 Å². The highest BCUT2D eigenvalue weighted by Gasteiger charge is 2.18. The smallest absolute Gasteiger partial charge is 0.263 e. The van der Waals surface area contributed by atoms with Gasteiger partial charge < -0.3 is 0 Å². The quantitative estimate of drug-likeness (QED) is 0.788. The van der Waals surface area contributed by atoms with E-state index in [1.54, 1.807) is 30.7 Å². The molecule has 2 heterocycles. The summed E-state index contributed by atoms with van der Waals surface area (Å²) >= 11 is 0. The average Bonchev–Trinajstić information content (AvgIpc) is 2.95. The van der Waals surface area contributed by atoms with E-state index >= 15 is 0 Å². The van der Waals surface area contributed by atoms with E-state index in [0.717, 1.165) is 17.2 Å². The molecule has 1 aromatic carbocycles. The van der Waals surface area contributed by atoms with E-state index in [-0.39, 0.29) is 16.4 Å². The number of nitrogens with one attached hydrogen (secondary N) is 1. The number of halogens is 1. The maximum Gasteiger partial charge on any atom is 0.263 e. The number of sulfonamides is 1. The summed E-state index contributed by atoms with van der Waals surface area (Å²) in [5.41, 5.74) is 1.96. The molecule has 2 aromatic heterocycles. The Balaban J connectivity index is 1.91. The van der Waals surface area contributed by atoms with E-state index in [1.807, 2.05) is 13.8 Å². The fraction of sp³-hybridized carbons (Fsp3) is 0.125. The summed E-state index contributed by atoms with van der Waals surface area (Å²) in [4.78, 5) is 3.80. The first kappa shape index (κ1) is 16.1. The van der Waals surface area contributed by atoms with Crippen LogP contribution in [0.4, 0.5) is 10.2 Å². The Bertz CT molecular complexity index is 982. The van der Waals surface area contributed by atoms with Crippen molar-refractivity contribution in [3.8, 4) is 5.69 Å². The zero-order valence-corrected chi connectivity index (χ0v) is 13.9. The van der Waals surface area contributed by atoms with Gasteiger partial charge in [-0.15, -0.1) is 0 Å². The Morgan fingerprint density at radius 1 is 1.08 bits per heavy atom. The van der Waals surface area contributed by atoms with Gasteiger partial charge in [-0.2, -0.15) is 5.10 Å². The second kappa shape index (κ2) is 6.04. The van der Waals surface area contributed by atoms with Crippen molar-refractivity contribution >= 4 is 15.8 Å². The highest BCUT2D eigenvalue weighted by atomic mass is 32.2. The highest BCUT2D eigenvalue weighted by molar-refractivity contribution is 7.92. The molecule has 0 amide bonds. The molecule has 0 fully saturated rings. The topological polar surface area (TPSA) is 76.9 Å². The lowest BCUT2D eigenvalue weighted by molar-refractivity contribution is 0.590. The molecule has 1 N–H and O–H groups in total. The fourth-order valence-electron chi connectivity index (χ4n) is 2.11. The van der Waals surface area contributed by atoms with Gasteiger partial charge in [-0.3, -0.25) is 4.72 Å². The summed E-state index contributed by atoms with van der Waals surface area (Å²) in [7, 11) is -3.92. The highest BCUT2D eigenvalue weighted by Crippen LogP contribution is 2.20. The molecule has 0 spiro atoms. The number of anilines is 1. The number of nitrogens with zero attached hydrogens (tertiary/aromatic N) is 3. The average molecular weight is 346 g/mol. The summed E-state index contributed by atoms with van der Waals surface area (Å²) in [5.74, 6) is -0.509. The van der Waals surface area contributed by atoms with Crippen LogP contribution in [0.5, 0.6) is 0 Å². The van der Waals surface area contributed by atoms with Crippen molar-refractivity contribution in [2.24, 2.45) is 0 Å². The minimum Gasteiger partial charge on any atom is -0.263 e. The standard InChI is InChI=1S/C16H15FN4O2S/c1-11-3-6-16(18-8-11)20-24(22,23)13-4-5-15(14(17)7-13)21-10-12(2)9-19-21/h3-10H,1-2H3,(H,18,20). The van der Waals surface area contributed by atoms with Crippen LogP contribution in [0, 0.1) is 19.7 Å². The molecule has 0 aliphatic rings. The third-order valence-electron chi connectivity index (χ3n) is 3.34. The lowest BCUT2D eigenvalue weighted by atomic mass is 10.3. The van der Waals surface area contributed by atoms with Crippen LogP contribution in [0.15, 0.2) is 53.8 Å². The van der Waals surface area contributed by atoms with E-state index in [1.165, 1.54) is 16.8 Å². The zero-order valence-electron chi connectivity index (χ0n) is 13.1. The van der Waals surface area contributed by atoms with Crippen LogP contribution in [0.3, 0.4) is 0 Å². The van der Waals surface area contributed by atoms with Crippen molar-refractivity contribution in [1.82, 2.24) is 14.8 Å². The largest absolute Gasteiger partial charge is 0.263 e. The number of hydrogen-bond acceptors (Lipinski definition) is 4. The van der Waals surface area contributed by atoms with Crippen LogP contribution in [-0.4, -0.2) is 23.2 Å². The van der Waals surface area contributed by atoms with Gasteiger partial charge in [-0.05, 0) is 49.2 Å². The molecule has 3 aromatic rings. The third kappa shape index (κ3) is 3.28. The molecule has 6 nitrogen and oxygen atoms in total. The van der Waals surface area contributed by atoms with Gasteiger partial charge in [0.25, 0.3) is 10.0 Å². The lowest BCUT2D eigenvalue weighted by Gasteiger charge is -2.09. The zero-order chi connectivity index (χ0) is 17.3. The van der Waals surface area contributed by atoms with Crippen LogP contribution in [0.2, 0.25) is 0 Å². The summed E-state index contributed by atoms with van der Waals surface area (Å²) in [6.45, 7) is 3.68. The van der Waals surface area contributed by atoms with Gasteiger partial charge in [0.1, 0.15) is 17.3 Å². The predicted molar refractivity (Wildman–Crippen MR) is 88.0 cm³/mol. The third-order valence-corrected chi connectivity index (χ3v) is 4.69. The van der Waals surface area contributed by atoms with E-state index < -0.39 is 15.8 Å². The molecule has 0 radical (unpaired) electrons. The summed E-state index contributed by atoms with van der Waals surface area (Å²) in [6.07, 6.45) is 4.79. The molecule has 8 heteroatoms. The molecule has 3 rings (SSSR count). The maximum atomic E-state index is 14.3. The van der Waals surface area contributed by atoms with Gasteiger partial charge in [0.2, 0.25) is 0 Å². The molecule has 0 aliphatic carbocycles. The molecule has 24 heavy (non-hydrogen) atoms. The molecule has 0 unspecified atom stereocenters. The number of aryl methyl sites for hydroxylation is 2. The van der Waals surface area contributed by atoms with Crippen LogP contribution >= 0.6 is 0 Å². The number of pyridine rings is 1. The molecule has 0 bridgehead atoms. The van der Waals surface area contributed by atoms with Crippen LogP contribution in [-0.2, 0) is 10.0 Å². The van der Waals surface area contributed by atoms with Crippen molar-refractivity contribution in [3.05, 3.63) is 65.9 Å². The van der Waals surface area contributed by atoms with Gasteiger partial charge in [0.05, 0.1) is 11.1 Å². The summed E-state index contributed by atoms with van der Waals surface area (Å²) in [5, 5.41) is 4.02. The molecule has 0 aliphatic heterocycles. The number of benzene rings is 1. The first-order chi connectivity index (χ1) is 11.3. The number of rotatable bonds is 4. The minimum absolute atomic E-state index is 0.174. The van der Waals surface area contributed by atoms with Gasteiger partial charge in [0, 0.05) is 12.4 Å². The number of hydrogen-bond donors (Lipinski definition) is 1. The Labute approximate surface area is 139 Å². The molecule has 124 valence electrons. The van der Waals surface area contributed by atoms with E-state index in [2.05, 4.69) is 14.8 Å². The summed E-state index contributed by atoms with van der Waals surface area (Å²) in [6, 6.07) is 6.94. The van der Waals surface area contributed by atoms with Crippen molar-refractivity contribution in [1.29, 1.82) is 0 Å². The lowest BCUT2D eigenvalue weighted by Crippen LogP contribution is -2.14. The van der Waals surface area contributed by atoms with E-state index in [0.29, 0.717) is 0 Å². The Hall–Kier alpha value is -2.74. The molecule has 0 saturated carbocycles. The van der Waals surface area contributed by atoms with Gasteiger partial charge in [0.15, 0.2) is 0 Å². The predicted octanol–water partition coefficient (Wildman–Crippen LogP) is 2.82. The first-order valence-electron chi connectivity index (χ1n) is 7.12. The Morgan fingerprint density at radius 3 is 2.46 bits per heavy atom. The SMILES string of the molecule is Cc1ccc(NS(=O)(=O)c2ccc(-n3cc(C)cn3)c(F)c2)nc1. The summed E-state index contributed by atoms with van der Waals surface area (Å²) < 4.78 is 42.7. The second-order valence-electron chi connectivity index (χ2n) is 5.40. The maximum absolute atomic E-state index is 14.3. The van der Waals surface area contributed by atoms with Crippen LogP contribution in [0.1, 0.15) is 11.1 Å². The van der Waals surface area contributed by atoms with Crippen molar-refractivity contribution in [3.63, 3.8) is 0 Å². The van der Waals surface area contributed by atoms with Crippen molar-refractivity contribution < 1.29 is 12.8 Å². The van der Waals surface area contributed by atoms with Gasteiger partial charge in [-0.1, -0.05) is 6.07 Å². The second-order valence-corrected chi connectivity index (χ2v) is 7.08. The van der Waals surface area contributed by atoms with E-state index in [9.17, 15) is 12.8 Å². The molecule has 0 saturated heterocycles. The van der Waals surface area contributed by atoms with Gasteiger partial charge >= 0.3 is 0 Å². The molecular formula is C16H15FN4O2S. The first-order valence-corrected chi connectivity index (χ1v) is 8.60. The van der Waals surface area contributed by atoms with Crippen LogP contribution in [0.25, 0.3) is 5.69 Å².